The summed E-state index contributed by atoms with van der Waals surface area (Å²) in [7, 11) is 0. The van der Waals surface area contributed by atoms with Crippen LogP contribution in [0.15, 0.2) is 36.5 Å². The number of hydrogen-bond acceptors (Lipinski definition) is 5. The monoisotopic (exact) mass is 337 g/mol. The third-order valence-corrected chi connectivity index (χ3v) is 4.29. The molecule has 1 aliphatic heterocycles. The zero-order valence-corrected chi connectivity index (χ0v) is 13.8. The summed E-state index contributed by atoms with van der Waals surface area (Å²) < 4.78 is 3.90. The summed E-state index contributed by atoms with van der Waals surface area (Å²) in [5.74, 6) is 1.83. The molecule has 8 heteroatoms. The first-order valence-corrected chi connectivity index (χ1v) is 8.43. The molecule has 1 aromatic carbocycles. The molecule has 4 rings (SSSR count). The Morgan fingerprint density at radius 3 is 2.88 bits per heavy atom. The summed E-state index contributed by atoms with van der Waals surface area (Å²) in [4.78, 5) is 12.1. The van der Waals surface area contributed by atoms with Gasteiger partial charge in [-0.2, -0.15) is 0 Å². The molecule has 0 unspecified atom stereocenters. The van der Waals surface area contributed by atoms with E-state index in [1.807, 2.05) is 24.4 Å². The van der Waals surface area contributed by atoms with E-state index in [0.29, 0.717) is 24.3 Å². The van der Waals surface area contributed by atoms with E-state index >= 15 is 0 Å². The third kappa shape index (κ3) is 3.42. The summed E-state index contributed by atoms with van der Waals surface area (Å²) in [6, 6.07) is 9.11. The van der Waals surface area contributed by atoms with Crippen LogP contribution in [0.1, 0.15) is 40.5 Å². The second-order valence-corrected chi connectivity index (χ2v) is 6.10. The van der Waals surface area contributed by atoms with Crippen molar-refractivity contribution in [3.05, 3.63) is 59.4 Å². The molecule has 25 heavy (non-hydrogen) atoms. The molecule has 8 nitrogen and oxygen atoms in total. The van der Waals surface area contributed by atoms with Crippen molar-refractivity contribution in [2.75, 3.05) is 0 Å². The number of fused-ring (bicyclic) bond motifs is 1. The van der Waals surface area contributed by atoms with Crippen LogP contribution in [0.5, 0.6) is 0 Å². The highest BCUT2D eigenvalue weighted by molar-refractivity contribution is 5.93. The zero-order chi connectivity index (χ0) is 17.1. The van der Waals surface area contributed by atoms with Crippen molar-refractivity contribution in [1.29, 1.82) is 0 Å². The van der Waals surface area contributed by atoms with Crippen LogP contribution in [0.25, 0.3) is 0 Å². The van der Waals surface area contributed by atoms with E-state index in [9.17, 15) is 4.79 Å². The molecular weight excluding hydrogens is 318 g/mol. The number of amides is 1. The Kier molecular flexibility index (Phi) is 4.24. The molecule has 0 saturated carbocycles. The highest BCUT2D eigenvalue weighted by Gasteiger charge is 2.16. The molecule has 3 aromatic rings. The van der Waals surface area contributed by atoms with Crippen LogP contribution in [-0.4, -0.2) is 35.7 Å². The first kappa shape index (κ1) is 15.5. The Labute approximate surface area is 144 Å². The van der Waals surface area contributed by atoms with E-state index < -0.39 is 0 Å². The highest BCUT2D eigenvalue weighted by Crippen LogP contribution is 2.14. The van der Waals surface area contributed by atoms with Gasteiger partial charge in [0.05, 0.1) is 12.7 Å². The fourth-order valence-corrected chi connectivity index (χ4v) is 2.99. The maximum Gasteiger partial charge on any atom is 0.251 e. The van der Waals surface area contributed by atoms with Crippen molar-refractivity contribution in [3.8, 4) is 0 Å². The number of carbonyl (C=O) groups excluding carboxylic acids is 1. The topological polar surface area (TPSA) is 90.5 Å². The van der Waals surface area contributed by atoms with E-state index in [1.54, 1.807) is 16.8 Å². The smallest absolute Gasteiger partial charge is 0.251 e. The lowest BCUT2D eigenvalue weighted by Crippen LogP contribution is -2.22. The summed E-state index contributed by atoms with van der Waals surface area (Å²) in [5.41, 5.74) is 1.34. The molecule has 0 bridgehead atoms. The molecule has 2 aromatic heterocycles. The Morgan fingerprint density at radius 1 is 1.12 bits per heavy atom. The molecule has 1 amide bonds. The third-order valence-electron chi connectivity index (χ3n) is 4.29. The molecule has 0 aliphatic carbocycles. The van der Waals surface area contributed by atoms with Gasteiger partial charge >= 0.3 is 0 Å². The van der Waals surface area contributed by atoms with E-state index in [1.165, 1.54) is 6.42 Å². The zero-order valence-electron chi connectivity index (χ0n) is 13.8. The van der Waals surface area contributed by atoms with Gasteiger partial charge in [-0.05, 0) is 25.0 Å². The standard InChI is InChI=1S/C17H19N7O/c25-17(13-6-2-1-3-7-13)18-10-14-11-23(22-19-14)12-16-21-20-15-8-4-5-9-24(15)16/h1-3,6-7,11H,4-5,8-10,12H2,(H,18,25). The van der Waals surface area contributed by atoms with Crippen LogP contribution in [0.2, 0.25) is 0 Å². The van der Waals surface area contributed by atoms with E-state index in [2.05, 4.69) is 30.4 Å². The minimum Gasteiger partial charge on any atom is -0.346 e. The molecule has 0 fully saturated rings. The lowest BCUT2D eigenvalue weighted by molar-refractivity contribution is 0.0950. The Balaban J connectivity index is 1.38. The van der Waals surface area contributed by atoms with Crippen LogP contribution >= 0.6 is 0 Å². The average molecular weight is 337 g/mol. The SMILES string of the molecule is O=C(NCc1cn(Cc2nnc3n2CCCC3)nn1)c1ccccc1. The van der Waals surface area contributed by atoms with Crippen molar-refractivity contribution < 1.29 is 4.79 Å². The first-order chi connectivity index (χ1) is 12.3. The maximum atomic E-state index is 12.1. The predicted octanol–water partition coefficient (Wildman–Crippen LogP) is 1.18. The predicted molar refractivity (Wildman–Crippen MR) is 89.7 cm³/mol. The largest absolute Gasteiger partial charge is 0.346 e. The second-order valence-electron chi connectivity index (χ2n) is 6.10. The molecule has 0 spiro atoms. The lowest BCUT2D eigenvalue weighted by Gasteiger charge is -2.14. The fourth-order valence-electron chi connectivity index (χ4n) is 2.99. The number of hydrogen-bond donors (Lipinski definition) is 1. The van der Waals surface area contributed by atoms with Crippen LogP contribution < -0.4 is 5.32 Å². The van der Waals surface area contributed by atoms with Gasteiger partial charge < -0.3 is 9.88 Å². The maximum absolute atomic E-state index is 12.1. The van der Waals surface area contributed by atoms with Crippen molar-refractivity contribution in [1.82, 2.24) is 35.1 Å². The minimum atomic E-state index is -0.123. The van der Waals surface area contributed by atoms with E-state index in [0.717, 1.165) is 31.0 Å². The van der Waals surface area contributed by atoms with Gasteiger partial charge in [-0.25, -0.2) is 4.68 Å². The number of nitrogens with zero attached hydrogens (tertiary/aromatic N) is 6. The minimum absolute atomic E-state index is 0.123. The Hall–Kier alpha value is -3.03. The summed E-state index contributed by atoms with van der Waals surface area (Å²) in [5, 5.41) is 19.6. The van der Waals surface area contributed by atoms with Crippen molar-refractivity contribution in [2.24, 2.45) is 0 Å². The normalized spacial score (nSPS) is 13.4. The number of carbonyl (C=O) groups is 1. The van der Waals surface area contributed by atoms with Crippen molar-refractivity contribution >= 4 is 5.91 Å². The Bertz CT molecular complexity index is 868. The number of aryl methyl sites for hydroxylation is 1. The summed E-state index contributed by atoms with van der Waals surface area (Å²) in [6.45, 7) is 1.84. The molecule has 0 saturated heterocycles. The number of benzene rings is 1. The van der Waals surface area contributed by atoms with Gasteiger partial charge in [0, 0.05) is 18.5 Å². The summed E-state index contributed by atoms with van der Waals surface area (Å²) in [6.07, 6.45) is 5.15. The van der Waals surface area contributed by atoms with Crippen LogP contribution in [0.4, 0.5) is 0 Å². The molecule has 128 valence electrons. The molecular formula is C17H19N7O. The molecule has 3 heterocycles. The van der Waals surface area contributed by atoms with Crippen LogP contribution in [0.3, 0.4) is 0 Å². The van der Waals surface area contributed by atoms with Crippen LogP contribution in [-0.2, 0) is 26.1 Å². The molecule has 1 aliphatic rings. The van der Waals surface area contributed by atoms with E-state index in [4.69, 9.17) is 0 Å². The molecule has 1 N–H and O–H groups in total. The lowest BCUT2D eigenvalue weighted by atomic mass is 10.2. The summed E-state index contributed by atoms with van der Waals surface area (Å²) >= 11 is 0. The Morgan fingerprint density at radius 2 is 2.00 bits per heavy atom. The number of nitrogens with one attached hydrogen (secondary N) is 1. The quantitative estimate of drug-likeness (QED) is 0.755. The van der Waals surface area contributed by atoms with E-state index in [-0.39, 0.29) is 5.91 Å². The first-order valence-electron chi connectivity index (χ1n) is 8.43. The van der Waals surface area contributed by atoms with Crippen LogP contribution in [0, 0.1) is 0 Å². The van der Waals surface area contributed by atoms with Gasteiger partial charge in [0.1, 0.15) is 18.1 Å². The molecule has 0 radical (unpaired) electrons. The molecule has 0 atom stereocenters. The fraction of sp³-hybridized carbons (Fsp3) is 0.353. The number of aromatic nitrogens is 6. The van der Waals surface area contributed by atoms with Gasteiger partial charge in [-0.1, -0.05) is 23.4 Å². The van der Waals surface area contributed by atoms with Gasteiger partial charge in [0.2, 0.25) is 0 Å². The average Bonchev–Trinajstić information content (AvgIpc) is 3.28. The van der Waals surface area contributed by atoms with Crippen molar-refractivity contribution in [3.63, 3.8) is 0 Å². The number of rotatable bonds is 5. The van der Waals surface area contributed by atoms with Gasteiger partial charge in [0.15, 0.2) is 5.82 Å². The van der Waals surface area contributed by atoms with Gasteiger partial charge in [-0.3, -0.25) is 4.79 Å². The highest BCUT2D eigenvalue weighted by atomic mass is 16.1. The second kappa shape index (κ2) is 6.84. The van der Waals surface area contributed by atoms with Gasteiger partial charge in [0.25, 0.3) is 5.91 Å². The van der Waals surface area contributed by atoms with Gasteiger partial charge in [-0.15, -0.1) is 15.3 Å². The van der Waals surface area contributed by atoms with Crippen molar-refractivity contribution in [2.45, 2.75) is 38.9 Å².